The van der Waals surface area contributed by atoms with E-state index in [1.165, 1.54) is 11.3 Å². The van der Waals surface area contributed by atoms with Gasteiger partial charge in [0.15, 0.2) is 5.13 Å². The Labute approximate surface area is 219 Å². The van der Waals surface area contributed by atoms with Crippen LogP contribution >= 0.6 is 35.3 Å². The van der Waals surface area contributed by atoms with Crippen LogP contribution in [0.5, 0.6) is 0 Å². The minimum absolute atomic E-state index is 0. The quantitative estimate of drug-likeness (QED) is 0.225. The number of benzene rings is 3. The Bertz CT molecular complexity index is 1380. The highest BCUT2D eigenvalue weighted by Gasteiger charge is 2.22. The molecule has 2 heterocycles. The average molecular weight is 523 g/mol. The van der Waals surface area contributed by atoms with Gasteiger partial charge in [0.05, 0.1) is 21.6 Å². The fourth-order valence-electron chi connectivity index (χ4n) is 3.91. The third-order valence-corrected chi connectivity index (χ3v) is 7.30. The van der Waals surface area contributed by atoms with Crippen LogP contribution in [0.15, 0.2) is 85.5 Å². The van der Waals surface area contributed by atoms with Crippen LogP contribution in [-0.2, 0) is 6.54 Å². The van der Waals surface area contributed by atoms with Crippen molar-refractivity contribution in [3.8, 4) is 11.1 Å². The maximum Gasteiger partial charge on any atom is 0.260 e. The number of carbonyl (C=O) groups is 1. The molecule has 35 heavy (non-hydrogen) atoms. The molecule has 0 aliphatic rings. The molecule has 0 atom stereocenters. The Hall–Kier alpha value is -3.19. The van der Waals surface area contributed by atoms with Gasteiger partial charge in [0.25, 0.3) is 5.91 Å². The van der Waals surface area contributed by atoms with Gasteiger partial charge >= 0.3 is 0 Å². The van der Waals surface area contributed by atoms with Crippen LogP contribution < -0.4 is 4.90 Å². The number of fused-ring (bicyclic) bond motifs is 1. The number of nitrogens with zero attached hydrogens (tertiary/aromatic N) is 4. The molecule has 178 valence electrons. The van der Waals surface area contributed by atoms with Crippen LogP contribution in [0.25, 0.3) is 21.3 Å². The molecule has 0 aliphatic heterocycles. The minimum Gasteiger partial charge on any atom is -0.337 e. The smallest absolute Gasteiger partial charge is 0.260 e. The summed E-state index contributed by atoms with van der Waals surface area (Å²) < 4.78 is 2.92. The summed E-state index contributed by atoms with van der Waals surface area (Å²) >= 11 is 7.91. The van der Waals surface area contributed by atoms with Gasteiger partial charge in [0.2, 0.25) is 0 Å². The Balaban J connectivity index is 0.00000289. The van der Waals surface area contributed by atoms with E-state index in [1.54, 1.807) is 17.4 Å². The monoisotopic (exact) mass is 522 g/mol. The van der Waals surface area contributed by atoms with Crippen molar-refractivity contribution in [2.45, 2.75) is 19.9 Å². The molecule has 5 nitrogen and oxygen atoms in total. The molecule has 0 saturated heterocycles. The summed E-state index contributed by atoms with van der Waals surface area (Å²) in [5.74, 6) is -0.0712. The zero-order valence-electron chi connectivity index (χ0n) is 19.1. The molecule has 3 aromatic carbocycles. The van der Waals surface area contributed by atoms with E-state index in [4.69, 9.17) is 16.6 Å². The van der Waals surface area contributed by atoms with Crippen molar-refractivity contribution in [2.24, 2.45) is 0 Å². The van der Waals surface area contributed by atoms with Gasteiger partial charge in [-0.25, -0.2) is 9.97 Å². The number of imidazole rings is 1. The van der Waals surface area contributed by atoms with Gasteiger partial charge in [-0.15, -0.1) is 12.4 Å². The molecule has 0 unspecified atom stereocenters. The topological polar surface area (TPSA) is 51.0 Å². The zero-order valence-corrected chi connectivity index (χ0v) is 21.5. The predicted molar refractivity (Wildman–Crippen MR) is 147 cm³/mol. The molecule has 5 aromatic rings. The second kappa shape index (κ2) is 11.0. The van der Waals surface area contributed by atoms with Crippen molar-refractivity contribution in [2.75, 3.05) is 11.4 Å². The Morgan fingerprint density at radius 3 is 2.46 bits per heavy atom. The number of hydrogen-bond donors (Lipinski definition) is 0. The van der Waals surface area contributed by atoms with Crippen molar-refractivity contribution in [1.29, 1.82) is 0 Å². The summed E-state index contributed by atoms with van der Waals surface area (Å²) in [6.45, 7) is 3.31. The SMILES string of the molecule is Cc1ccc(Cl)c2sc(N(CCCn3ccnc3)C(=O)c3ccc(-c4ccccc4)cc3)nc12.Cl. The number of anilines is 1. The fourth-order valence-corrected chi connectivity index (χ4v) is 5.25. The summed E-state index contributed by atoms with van der Waals surface area (Å²) in [5.41, 5.74) is 4.71. The molecule has 2 aromatic heterocycles. The van der Waals surface area contributed by atoms with Gasteiger partial charge in [-0.2, -0.15) is 0 Å². The van der Waals surface area contributed by atoms with Gasteiger partial charge in [-0.05, 0) is 48.2 Å². The van der Waals surface area contributed by atoms with Gasteiger partial charge in [-0.1, -0.05) is 71.5 Å². The molecular weight excluding hydrogens is 499 g/mol. The molecule has 5 rings (SSSR count). The molecule has 0 saturated carbocycles. The summed E-state index contributed by atoms with van der Waals surface area (Å²) in [7, 11) is 0. The summed E-state index contributed by atoms with van der Waals surface area (Å²) in [6, 6.07) is 21.7. The number of rotatable bonds is 7. The Morgan fingerprint density at radius 2 is 1.77 bits per heavy atom. The number of thiazole rings is 1. The lowest BCUT2D eigenvalue weighted by Gasteiger charge is -2.20. The van der Waals surface area contributed by atoms with E-state index in [-0.39, 0.29) is 18.3 Å². The lowest BCUT2D eigenvalue weighted by atomic mass is 10.0. The second-order valence-electron chi connectivity index (χ2n) is 8.09. The number of carbonyl (C=O) groups excluding carboxylic acids is 1. The van der Waals surface area contributed by atoms with Crippen LogP contribution in [0.1, 0.15) is 22.3 Å². The van der Waals surface area contributed by atoms with Gasteiger partial charge < -0.3 is 4.57 Å². The van der Waals surface area contributed by atoms with Gasteiger partial charge in [0, 0.05) is 31.0 Å². The van der Waals surface area contributed by atoms with Crippen LogP contribution in [0.3, 0.4) is 0 Å². The van der Waals surface area contributed by atoms with Crippen molar-refractivity contribution in [1.82, 2.24) is 14.5 Å². The molecule has 8 heteroatoms. The van der Waals surface area contributed by atoms with E-state index in [9.17, 15) is 4.79 Å². The second-order valence-corrected chi connectivity index (χ2v) is 9.48. The van der Waals surface area contributed by atoms with Crippen molar-refractivity contribution in [3.63, 3.8) is 0 Å². The first kappa shape index (κ1) is 24.9. The molecule has 0 fully saturated rings. The first-order valence-electron chi connectivity index (χ1n) is 11.1. The summed E-state index contributed by atoms with van der Waals surface area (Å²) in [4.78, 5) is 24.4. The van der Waals surface area contributed by atoms with E-state index in [2.05, 4.69) is 17.1 Å². The van der Waals surface area contributed by atoms with E-state index >= 15 is 0 Å². The highest BCUT2D eigenvalue weighted by atomic mass is 35.5. The van der Waals surface area contributed by atoms with Crippen molar-refractivity contribution < 1.29 is 4.79 Å². The largest absolute Gasteiger partial charge is 0.337 e. The predicted octanol–water partition coefficient (Wildman–Crippen LogP) is 7.28. The van der Waals surface area contributed by atoms with Crippen LogP contribution in [0, 0.1) is 6.92 Å². The first-order valence-corrected chi connectivity index (χ1v) is 12.3. The van der Waals surface area contributed by atoms with Crippen LogP contribution in [0.2, 0.25) is 5.02 Å². The number of halogens is 2. The van der Waals surface area contributed by atoms with Crippen LogP contribution in [-0.4, -0.2) is 27.0 Å². The Morgan fingerprint density at radius 1 is 1.03 bits per heavy atom. The molecule has 0 aliphatic carbocycles. The van der Waals surface area contributed by atoms with Gasteiger partial charge in [-0.3, -0.25) is 9.69 Å². The summed E-state index contributed by atoms with van der Waals surface area (Å²) in [6.07, 6.45) is 6.24. The summed E-state index contributed by atoms with van der Waals surface area (Å²) in [5, 5.41) is 1.32. The van der Waals surface area contributed by atoms with Crippen molar-refractivity contribution in [3.05, 3.63) is 102 Å². The standard InChI is InChI=1S/C27H23ClN4OS.ClH/c1-19-8-13-23(28)25-24(19)30-27(34-25)32(16-5-15-31-17-14-29-18-31)26(33)22-11-9-21(10-12-22)20-6-3-2-4-7-20;/h2-4,6-14,17-18H,5,15-16H2,1H3;1H. The molecule has 0 bridgehead atoms. The third kappa shape index (κ3) is 5.40. The lowest BCUT2D eigenvalue weighted by molar-refractivity contribution is 0.0986. The molecule has 0 radical (unpaired) electrons. The average Bonchev–Trinajstić information content (AvgIpc) is 3.56. The number of aryl methyl sites for hydroxylation is 2. The number of hydrogen-bond acceptors (Lipinski definition) is 4. The molecular formula is C27H24Cl2N4OS. The third-order valence-electron chi connectivity index (χ3n) is 5.76. The minimum atomic E-state index is -0.0712. The van der Waals surface area contributed by atoms with Crippen molar-refractivity contribution >= 4 is 56.6 Å². The van der Waals surface area contributed by atoms with Gasteiger partial charge in [0.1, 0.15) is 0 Å². The van der Waals surface area contributed by atoms with E-state index in [1.807, 2.05) is 72.3 Å². The molecule has 0 N–H and O–H groups in total. The van der Waals surface area contributed by atoms with Crippen LogP contribution in [0.4, 0.5) is 5.13 Å². The van der Waals surface area contributed by atoms with E-state index in [0.717, 1.165) is 39.9 Å². The maximum absolute atomic E-state index is 13.7. The molecule has 1 amide bonds. The maximum atomic E-state index is 13.7. The lowest BCUT2D eigenvalue weighted by Crippen LogP contribution is -2.32. The zero-order chi connectivity index (χ0) is 23.5. The normalized spacial score (nSPS) is 10.8. The number of aromatic nitrogens is 3. The Kier molecular flexibility index (Phi) is 7.86. The fraction of sp³-hybridized carbons (Fsp3) is 0.148. The first-order chi connectivity index (χ1) is 16.6. The highest BCUT2D eigenvalue weighted by Crippen LogP contribution is 2.36. The number of amides is 1. The van der Waals surface area contributed by atoms with E-state index < -0.39 is 0 Å². The molecule has 0 spiro atoms. The van der Waals surface area contributed by atoms with E-state index in [0.29, 0.717) is 22.3 Å². The highest BCUT2D eigenvalue weighted by molar-refractivity contribution is 7.23.